The zero-order valence-corrected chi connectivity index (χ0v) is 11.7. The van der Waals surface area contributed by atoms with Gasteiger partial charge >= 0.3 is 0 Å². The van der Waals surface area contributed by atoms with Crippen LogP contribution in [0.4, 0.5) is 0 Å². The Balaban J connectivity index is 1.86. The Hall–Kier alpha value is -0.830. The van der Waals surface area contributed by atoms with Crippen LogP contribution in [0.1, 0.15) is 25.3 Å². The number of carbonyl (C=O) groups excluding carboxylic acids is 1. The van der Waals surface area contributed by atoms with Crippen LogP contribution < -0.4 is 0 Å². The molecule has 1 fully saturated rings. The number of carbonyl (C=O) groups is 1. The van der Waals surface area contributed by atoms with E-state index in [1.54, 1.807) is 0 Å². The van der Waals surface area contributed by atoms with Crippen LogP contribution in [0.3, 0.4) is 0 Å². The molecule has 0 spiro atoms. The monoisotopic (exact) mass is 295 g/mol. The number of aryl methyl sites for hydroxylation is 1. The summed E-state index contributed by atoms with van der Waals surface area (Å²) in [5, 5.41) is 0. The molecular formula is C14H18BrNO. The minimum absolute atomic E-state index is 0.0432. The predicted molar refractivity (Wildman–Crippen MR) is 73.3 cm³/mol. The van der Waals surface area contributed by atoms with Gasteiger partial charge in [0.25, 0.3) is 0 Å². The molecule has 0 radical (unpaired) electrons. The molecule has 1 aliphatic heterocycles. The van der Waals surface area contributed by atoms with Crippen molar-refractivity contribution < 1.29 is 4.79 Å². The molecule has 1 amide bonds. The molecule has 2 rings (SSSR count). The fraction of sp³-hybridized carbons (Fsp3) is 0.500. The molecule has 1 heterocycles. The standard InChI is InChI=1S/C14H18BrNO/c1-11(16-10-9-13(15)14(16)17)7-8-12-5-3-2-4-6-12/h2-6,11,13H,7-10H2,1H3. The summed E-state index contributed by atoms with van der Waals surface area (Å²) in [4.78, 5) is 13.9. The molecule has 2 atom stereocenters. The lowest BCUT2D eigenvalue weighted by molar-refractivity contribution is -0.128. The van der Waals surface area contributed by atoms with Gasteiger partial charge in [0.1, 0.15) is 0 Å². The molecule has 2 nitrogen and oxygen atoms in total. The average Bonchev–Trinajstić information content (AvgIpc) is 2.69. The van der Waals surface area contributed by atoms with Crippen LogP contribution in [0, 0.1) is 0 Å². The Kier molecular flexibility index (Phi) is 4.21. The number of hydrogen-bond donors (Lipinski definition) is 0. The Morgan fingerprint density at radius 2 is 2.12 bits per heavy atom. The number of rotatable bonds is 4. The molecule has 92 valence electrons. The number of benzene rings is 1. The molecule has 17 heavy (non-hydrogen) atoms. The van der Waals surface area contributed by atoms with Crippen molar-refractivity contribution in [2.75, 3.05) is 6.54 Å². The molecule has 0 N–H and O–H groups in total. The highest BCUT2D eigenvalue weighted by molar-refractivity contribution is 9.10. The third-order valence-electron chi connectivity index (χ3n) is 3.40. The van der Waals surface area contributed by atoms with Crippen LogP contribution in [0.2, 0.25) is 0 Å². The van der Waals surface area contributed by atoms with Crippen LogP contribution in [0.15, 0.2) is 30.3 Å². The van der Waals surface area contributed by atoms with Crippen molar-refractivity contribution in [3.05, 3.63) is 35.9 Å². The van der Waals surface area contributed by atoms with Crippen molar-refractivity contribution >= 4 is 21.8 Å². The van der Waals surface area contributed by atoms with E-state index in [9.17, 15) is 4.79 Å². The summed E-state index contributed by atoms with van der Waals surface area (Å²) in [6.45, 7) is 3.04. The quantitative estimate of drug-likeness (QED) is 0.782. The van der Waals surface area contributed by atoms with E-state index < -0.39 is 0 Å². The third-order valence-corrected chi connectivity index (χ3v) is 4.25. The first-order chi connectivity index (χ1) is 8.18. The van der Waals surface area contributed by atoms with E-state index in [-0.39, 0.29) is 10.7 Å². The van der Waals surface area contributed by atoms with Gasteiger partial charge in [-0.15, -0.1) is 0 Å². The van der Waals surface area contributed by atoms with Crippen molar-refractivity contribution in [1.82, 2.24) is 4.90 Å². The minimum Gasteiger partial charge on any atom is -0.339 e. The Bertz CT molecular complexity index is 379. The maximum atomic E-state index is 11.8. The van der Waals surface area contributed by atoms with E-state index in [4.69, 9.17) is 0 Å². The molecule has 3 heteroatoms. The molecule has 1 saturated heterocycles. The van der Waals surface area contributed by atoms with Crippen molar-refractivity contribution in [3.8, 4) is 0 Å². The normalized spacial score (nSPS) is 21.9. The van der Waals surface area contributed by atoms with Gasteiger partial charge in [-0.1, -0.05) is 46.3 Å². The van der Waals surface area contributed by atoms with Crippen molar-refractivity contribution in [1.29, 1.82) is 0 Å². The van der Waals surface area contributed by atoms with Crippen molar-refractivity contribution in [2.24, 2.45) is 0 Å². The highest BCUT2D eigenvalue weighted by Crippen LogP contribution is 2.22. The largest absolute Gasteiger partial charge is 0.339 e. The van der Waals surface area contributed by atoms with E-state index in [2.05, 4.69) is 47.1 Å². The molecule has 0 aromatic heterocycles. The second-order valence-corrected chi connectivity index (χ2v) is 5.77. The SMILES string of the molecule is CC(CCc1ccccc1)N1CCC(Br)C1=O. The summed E-state index contributed by atoms with van der Waals surface area (Å²) in [5.41, 5.74) is 1.35. The van der Waals surface area contributed by atoms with Crippen LogP contribution >= 0.6 is 15.9 Å². The van der Waals surface area contributed by atoms with Gasteiger partial charge in [-0.05, 0) is 31.7 Å². The van der Waals surface area contributed by atoms with Gasteiger partial charge in [0.2, 0.25) is 5.91 Å². The number of alkyl halides is 1. The maximum absolute atomic E-state index is 11.8. The zero-order valence-electron chi connectivity index (χ0n) is 10.1. The predicted octanol–water partition coefficient (Wildman–Crippen LogP) is 3.00. The first kappa shape index (κ1) is 12.6. The van der Waals surface area contributed by atoms with Gasteiger partial charge < -0.3 is 4.90 Å². The molecule has 1 aromatic carbocycles. The fourth-order valence-corrected chi connectivity index (χ4v) is 2.75. The van der Waals surface area contributed by atoms with Crippen LogP contribution in [-0.4, -0.2) is 28.2 Å². The third kappa shape index (κ3) is 3.09. The molecule has 0 aliphatic carbocycles. The van der Waals surface area contributed by atoms with Crippen LogP contribution in [-0.2, 0) is 11.2 Å². The number of likely N-dealkylation sites (tertiary alicyclic amines) is 1. The van der Waals surface area contributed by atoms with E-state index in [0.29, 0.717) is 6.04 Å². The Morgan fingerprint density at radius 3 is 2.71 bits per heavy atom. The summed E-state index contributed by atoms with van der Waals surface area (Å²) < 4.78 is 0. The van der Waals surface area contributed by atoms with Gasteiger partial charge in [0.05, 0.1) is 4.83 Å². The first-order valence-corrected chi connectivity index (χ1v) is 7.08. The smallest absolute Gasteiger partial charge is 0.236 e. The van der Waals surface area contributed by atoms with E-state index in [1.165, 1.54) is 5.56 Å². The zero-order chi connectivity index (χ0) is 12.3. The topological polar surface area (TPSA) is 20.3 Å². The molecule has 1 aromatic rings. The van der Waals surface area contributed by atoms with Gasteiger partial charge in [-0.3, -0.25) is 4.79 Å². The number of hydrogen-bond acceptors (Lipinski definition) is 1. The van der Waals surface area contributed by atoms with Crippen LogP contribution in [0.25, 0.3) is 0 Å². The number of halogens is 1. The molecule has 0 saturated carbocycles. The lowest BCUT2D eigenvalue weighted by Crippen LogP contribution is -2.36. The van der Waals surface area contributed by atoms with Crippen molar-refractivity contribution in [3.63, 3.8) is 0 Å². The number of amides is 1. The molecular weight excluding hydrogens is 278 g/mol. The first-order valence-electron chi connectivity index (χ1n) is 6.17. The van der Waals surface area contributed by atoms with Gasteiger partial charge in [-0.2, -0.15) is 0 Å². The van der Waals surface area contributed by atoms with E-state index >= 15 is 0 Å². The minimum atomic E-state index is 0.0432. The summed E-state index contributed by atoms with van der Waals surface area (Å²) >= 11 is 3.42. The summed E-state index contributed by atoms with van der Waals surface area (Å²) in [5.74, 6) is 0.255. The van der Waals surface area contributed by atoms with Crippen molar-refractivity contribution in [2.45, 2.75) is 37.1 Å². The highest BCUT2D eigenvalue weighted by Gasteiger charge is 2.32. The summed E-state index contributed by atoms with van der Waals surface area (Å²) in [6, 6.07) is 10.8. The van der Waals surface area contributed by atoms with Crippen LogP contribution in [0.5, 0.6) is 0 Å². The van der Waals surface area contributed by atoms with E-state index in [0.717, 1.165) is 25.8 Å². The number of nitrogens with zero attached hydrogens (tertiary/aromatic N) is 1. The lowest BCUT2D eigenvalue weighted by atomic mass is 10.1. The molecule has 2 unspecified atom stereocenters. The van der Waals surface area contributed by atoms with Gasteiger partial charge in [0, 0.05) is 12.6 Å². The average molecular weight is 296 g/mol. The lowest BCUT2D eigenvalue weighted by Gasteiger charge is -2.24. The Labute approximate surface area is 111 Å². The Morgan fingerprint density at radius 1 is 1.41 bits per heavy atom. The maximum Gasteiger partial charge on any atom is 0.236 e. The summed E-state index contributed by atoms with van der Waals surface area (Å²) in [6.07, 6.45) is 3.02. The molecule has 0 bridgehead atoms. The van der Waals surface area contributed by atoms with Gasteiger partial charge in [-0.25, -0.2) is 0 Å². The second-order valence-electron chi connectivity index (χ2n) is 4.66. The highest BCUT2D eigenvalue weighted by atomic mass is 79.9. The second kappa shape index (κ2) is 5.67. The summed E-state index contributed by atoms with van der Waals surface area (Å²) in [7, 11) is 0. The van der Waals surface area contributed by atoms with E-state index in [1.807, 2.05) is 11.0 Å². The molecule has 1 aliphatic rings. The van der Waals surface area contributed by atoms with Gasteiger partial charge in [0.15, 0.2) is 0 Å². The fourth-order valence-electron chi connectivity index (χ4n) is 2.28.